The summed E-state index contributed by atoms with van der Waals surface area (Å²) in [5.74, 6) is 0.757. The van der Waals surface area contributed by atoms with Gasteiger partial charge in [-0.15, -0.1) is 0 Å². The lowest BCUT2D eigenvalue weighted by molar-refractivity contribution is 0.0505. The minimum atomic E-state index is -0.547. The summed E-state index contributed by atoms with van der Waals surface area (Å²) in [5.41, 5.74) is 3.29. The first kappa shape index (κ1) is 27.4. The number of rotatable bonds is 13. The minimum Gasteiger partial charge on any atom is -0.496 e. The number of likely N-dealkylation sites (N-methyl/N-ethyl adjacent to an activating group) is 1. The normalized spacial score (nSPS) is 12.9. The van der Waals surface area contributed by atoms with Gasteiger partial charge in [0.1, 0.15) is 5.75 Å². The molecule has 1 atom stereocenters. The first-order chi connectivity index (χ1) is 16.3. The van der Waals surface area contributed by atoms with Crippen molar-refractivity contribution in [3.05, 3.63) is 64.7 Å². The molecule has 0 saturated carbocycles. The van der Waals surface area contributed by atoms with Crippen LogP contribution in [0.15, 0.2) is 42.5 Å². The second kappa shape index (κ2) is 13.2. The molecular formula is C29H40N2O3. The van der Waals surface area contributed by atoms with Gasteiger partial charge in [-0.25, -0.2) is 4.79 Å². The number of nitriles is 1. The van der Waals surface area contributed by atoms with Gasteiger partial charge >= 0.3 is 5.97 Å². The van der Waals surface area contributed by atoms with Crippen molar-refractivity contribution in [2.24, 2.45) is 5.92 Å². The highest BCUT2D eigenvalue weighted by Crippen LogP contribution is 2.38. The maximum Gasteiger partial charge on any atom is 0.338 e. The highest BCUT2D eigenvalue weighted by molar-refractivity contribution is 5.89. The highest BCUT2D eigenvalue weighted by atomic mass is 16.5. The van der Waals surface area contributed by atoms with E-state index in [4.69, 9.17) is 9.47 Å². The maximum absolute atomic E-state index is 12.1. The molecule has 0 amide bonds. The monoisotopic (exact) mass is 464 g/mol. The smallest absolute Gasteiger partial charge is 0.338 e. The number of carbonyl (C=O) groups excluding carboxylic acids is 1. The first-order valence-electron chi connectivity index (χ1n) is 12.3. The molecule has 0 radical (unpaired) electrons. The standard InChI is InChI=1S/C29H40N2O3/c1-7-18-34-28(32)25-11-8-10-24(19-25)14-17-31(5)16-9-15-29(21-30,22(2)3)26-13-12-23(4)27(20-26)33-6/h8,10-13,19-20,22H,7,9,14-18H2,1-6H3. The van der Waals surface area contributed by atoms with Gasteiger partial charge in [-0.1, -0.05) is 45.0 Å². The van der Waals surface area contributed by atoms with Crippen LogP contribution in [0.5, 0.6) is 5.75 Å². The molecule has 2 aromatic carbocycles. The Bertz CT molecular complexity index is 980. The second-order valence-electron chi connectivity index (χ2n) is 9.42. The number of carbonyl (C=O) groups is 1. The van der Waals surface area contributed by atoms with E-state index in [2.05, 4.69) is 44.0 Å². The van der Waals surface area contributed by atoms with E-state index in [1.165, 1.54) is 0 Å². The lowest BCUT2D eigenvalue weighted by atomic mass is 9.69. The van der Waals surface area contributed by atoms with Crippen LogP contribution in [0.4, 0.5) is 0 Å². The van der Waals surface area contributed by atoms with Crippen molar-refractivity contribution in [2.75, 3.05) is 33.9 Å². The summed E-state index contributed by atoms with van der Waals surface area (Å²) in [5, 5.41) is 10.2. The quantitative estimate of drug-likeness (QED) is 0.343. The number of hydrogen-bond donors (Lipinski definition) is 0. The van der Waals surface area contributed by atoms with E-state index in [0.29, 0.717) is 12.2 Å². The zero-order chi connectivity index (χ0) is 25.1. The summed E-state index contributed by atoms with van der Waals surface area (Å²) in [6.45, 7) is 10.5. The van der Waals surface area contributed by atoms with Crippen molar-refractivity contribution < 1.29 is 14.3 Å². The van der Waals surface area contributed by atoms with Gasteiger partial charge in [-0.05, 0) is 87.0 Å². The Labute approximate surface area is 205 Å². The summed E-state index contributed by atoms with van der Waals surface area (Å²) in [4.78, 5) is 14.4. The van der Waals surface area contributed by atoms with Crippen LogP contribution in [0.3, 0.4) is 0 Å². The topological polar surface area (TPSA) is 62.6 Å². The zero-order valence-corrected chi connectivity index (χ0v) is 21.7. The fourth-order valence-corrected chi connectivity index (χ4v) is 4.30. The number of hydrogen-bond acceptors (Lipinski definition) is 5. The number of benzene rings is 2. The lowest BCUT2D eigenvalue weighted by Crippen LogP contribution is -2.32. The van der Waals surface area contributed by atoms with Crippen molar-refractivity contribution in [3.8, 4) is 11.8 Å². The zero-order valence-electron chi connectivity index (χ0n) is 21.7. The van der Waals surface area contributed by atoms with Crippen LogP contribution in [-0.4, -0.2) is 44.7 Å². The largest absolute Gasteiger partial charge is 0.496 e. The molecule has 0 aliphatic rings. The van der Waals surface area contributed by atoms with E-state index in [1.807, 2.05) is 38.1 Å². The maximum atomic E-state index is 12.1. The minimum absolute atomic E-state index is 0.186. The second-order valence-corrected chi connectivity index (χ2v) is 9.42. The van der Waals surface area contributed by atoms with Gasteiger partial charge in [0.2, 0.25) is 0 Å². The molecule has 184 valence electrons. The Morgan fingerprint density at radius 3 is 2.59 bits per heavy atom. The Kier molecular flexibility index (Phi) is 10.6. The number of esters is 1. The summed E-state index contributed by atoms with van der Waals surface area (Å²) in [6.07, 6.45) is 3.38. The molecular weight excluding hydrogens is 424 g/mol. The van der Waals surface area contributed by atoms with Crippen molar-refractivity contribution in [1.82, 2.24) is 4.90 Å². The molecule has 5 heteroatoms. The molecule has 0 aliphatic carbocycles. The van der Waals surface area contributed by atoms with E-state index in [0.717, 1.165) is 61.2 Å². The van der Waals surface area contributed by atoms with E-state index in [-0.39, 0.29) is 11.9 Å². The molecule has 2 rings (SSSR count). The molecule has 0 bridgehead atoms. The Balaban J connectivity index is 1.97. The third-order valence-electron chi connectivity index (χ3n) is 6.60. The molecule has 0 saturated heterocycles. The molecule has 0 fully saturated rings. The molecule has 34 heavy (non-hydrogen) atoms. The predicted octanol–water partition coefficient (Wildman–Crippen LogP) is 5.94. The molecule has 1 unspecified atom stereocenters. The number of aryl methyl sites for hydroxylation is 1. The predicted molar refractivity (Wildman–Crippen MR) is 137 cm³/mol. The highest BCUT2D eigenvalue weighted by Gasteiger charge is 2.36. The molecule has 0 aliphatic heterocycles. The molecule has 0 heterocycles. The SMILES string of the molecule is CCCOC(=O)c1cccc(CCN(C)CCCC(C#N)(c2ccc(C)c(OC)c2)C(C)C)c1. The van der Waals surface area contributed by atoms with Crippen molar-refractivity contribution in [2.45, 2.75) is 58.8 Å². The fraction of sp³-hybridized carbons (Fsp3) is 0.517. The average Bonchev–Trinajstić information content (AvgIpc) is 2.84. The van der Waals surface area contributed by atoms with Gasteiger partial charge in [-0.2, -0.15) is 5.26 Å². The van der Waals surface area contributed by atoms with Gasteiger partial charge in [0.05, 0.1) is 30.8 Å². The van der Waals surface area contributed by atoms with Crippen LogP contribution >= 0.6 is 0 Å². The van der Waals surface area contributed by atoms with Crippen LogP contribution in [0.25, 0.3) is 0 Å². The summed E-state index contributed by atoms with van der Waals surface area (Å²) in [6, 6.07) is 16.5. The van der Waals surface area contributed by atoms with E-state index >= 15 is 0 Å². The molecule has 2 aromatic rings. The third kappa shape index (κ3) is 7.08. The molecule has 0 spiro atoms. The Hall–Kier alpha value is -2.84. The molecule has 0 aromatic heterocycles. The molecule has 5 nitrogen and oxygen atoms in total. The van der Waals surface area contributed by atoms with Gasteiger partial charge < -0.3 is 14.4 Å². The van der Waals surface area contributed by atoms with Crippen molar-refractivity contribution in [3.63, 3.8) is 0 Å². The van der Waals surface area contributed by atoms with Gasteiger partial charge in [0, 0.05) is 6.54 Å². The van der Waals surface area contributed by atoms with Crippen molar-refractivity contribution >= 4 is 5.97 Å². The average molecular weight is 465 g/mol. The summed E-state index contributed by atoms with van der Waals surface area (Å²) >= 11 is 0. The van der Waals surface area contributed by atoms with Crippen LogP contribution < -0.4 is 4.74 Å². The first-order valence-corrected chi connectivity index (χ1v) is 12.3. The van der Waals surface area contributed by atoms with E-state index in [1.54, 1.807) is 13.2 Å². The Morgan fingerprint density at radius 2 is 1.94 bits per heavy atom. The molecule has 0 N–H and O–H groups in total. The van der Waals surface area contributed by atoms with Crippen LogP contribution in [-0.2, 0) is 16.6 Å². The third-order valence-corrected chi connectivity index (χ3v) is 6.60. The van der Waals surface area contributed by atoms with Crippen molar-refractivity contribution in [1.29, 1.82) is 5.26 Å². The number of ether oxygens (including phenoxy) is 2. The Morgan fingerprint density at radius 1 is 1.18 bits per heavy atom. The number of nitrogens with zero attached hydrogens (tertiary/aromatic N) is 2. The summed E-state index contributed by atoms with van der Waals surface area (Å²) in [7, 11) is 3.78. The number of methoxy groups -OCH3 is 1. The van der Waals surface area contributed by atoms with Crippen LogP contribution in [0, 0.1) is 24.2 Å². The summed E-state index contributed by atoms with van der Waals surface area (Å²) < 4.78 is 10.8. The van der Waals surface area contributed by atoms with E-state index < -0.39 is 5.41 Å². The van der Waals surface area contributed by atoms with E-state index in [9.17, 15) is 10.1 Å². The van der Waals surface area contributed by atoms with Gasteiger partial charge in [0.15, 0.2) is 0 Å². The lowest BCUT2D eigenvalue weighted by Gasteiger charge is -2.32. The van der Waals surface area contributed by atoms with Crippen LogP contribution in [0.2, 0.25) is 0 Å². The van der Waals surface area contributed by atoms with Gasteiger partial charge in [-0.3, -0.25) is 0 Å². The fourth-order valence-electron chi connectivity index (χ4n) is 4.30. The van der Waals surface area contributed by atoms with Gasteiger partial charge in [0.25, 0.3) is 0 Å². The van der Waals surface area contributed by atoms with Crippen LogP contribution in [0.1, 0.15) is 67.1 Å².